The van der Waals surface area contributed by atoms with Crippen molar-refractivity contribution in [2.24, 2.45) is 4.99 Å². The number of ether oxygens (including phenoxy) is 1. The van der Waals surface area contributed by atoms with Gasteiger partial charge in [0, 0.05) is 45.2 Å². The molecule has 1 aliphatic rings. The van der Waals surface area contributed by atoms with Crippen molar-refractivity contribution >= 4 is 5.96 Å². The number of nitrogens with one attached hydrogen (secondary N) is 2. The van der Waals surface area contributed by atoms with E-state index in [4.69, 9.17) is 4.74 Å². The van der Waals surface area contributed by atoms with Crippen LogP contribution in [-0.4, -0.2) is 50.8 Å². The van der Waals surface area contributed by atoms with Gasteiger partial charge in [0.15, 0.2) is 5.96 Å². The van der Waals surface area contributed by atoms with E-state index in [-0.39, 0.29) is 5.41 Å². The minimum atomic E-state index is 0.0248. The molecule has 156 valence electrons. The summed E-state index contributed by atoms with van der Waals surface area (Å²) in [5.74, 6) is 0.826. The number of hydrogen-bond acceptors (Lipinski definition) is 3. The highest BCUT2D eigenvalue weighted by Crippen LogP contribution is 2.21. The highest BCUT2D eigenvalue weighted by atomic mass is 16.5. The molecule has 0 atom stereocenters. The molecule has 0 aromatic heterocycles. The lowest BCUT2D eigenvalue weighted by molar-refractivity contribution is 0.0342. The molecule has 5 heteroatoms. The first-order valence-electron chi connectivity index (χ1n) is 10.4. The third kappa shape index (κ3) is 6.58. The summed E-state index contributed by atoms with van der Waals surface area (Å²) in [4.78, 5) is 6.83. The number of rotatable bonds is 7. The molecule has 1 saturated heterocycles. The average molecular weight is 395 g/mol. The van der Waals surface area contributed by atoms with Crippen LogP contribution in [0.3, 0.4) is 0 Å². The largest absolute Gasteiger partial charge is 0.379 e. The van der Waals surface area contributed by atoms with Crippen molar-refractivity contribution in [2.45, 2.75) is 32.4 Å². The van der Waals surface area contributed by atoms with Crippen LogP contribution in [0.4, 0.5) is 0 Å². The highest BCUT2D eigenvalue weighted by molar-refractivity contribution is 5.79. The number of aliphatic imine (C=N–C) groups is 1. The Kier molecular flexibility index (Phi) is 7.67. The molecule has 29 heavy (non-hydrogen) atoms. The van der Waals surface area contributed by atoms with Gasteiger partial charge in [-0.2, -0.15) is 0 Å². The van der Waals surface area contributed by atoms with Gasteiger partial charge in [-0.05, 0) is 16.7 Å². The van der Waals surface area contributed by atoms with Crippen LogP contribution >= 0.6 is 0 Å². The van der Waals surface area contributed by atoms with Gasteiger partial charge in [-0.3, -0.25) is 9.89 Å². The summed E-state index contributed by atoms with van der Waals surface area (Å²) in [5.41, 5.74) is 3.95. The van der Waals surface area contributed by atoms with E-state index in [0.717, 1.165) is 51.9 Å². The van der Waals surface area contributed by atoms with Crippen molar-refractivity contribution in [2.75, 3.05) is 39.9 Å². The minimum absolute atomic E-state index is 0.0248. The summed E-state index contributed by atoms with van der Waals surface area (Å²) < 4.78 is 5.44. The SMILES string of the molecule is CN=C(NCc1cccc(CN2CCOCC2)c1)NCC(C)(C)c1ccccc1. The van der Waals surface area contributed by atoms with Crippen LogP contribution < -0.4 is 10.6 Å². The quantitative estimate of drug-likeness (QED) is 0.559. The van der Waals surface area contributed by atoms with Crippen molar-refractivity contribution in [1.82, 2.24) is 15.5 Å². The minimum Gasteiger partial charge on any atom is -0.379 e. The maximum Gasteiger partial charge on any atom is 0.191 e. The maximum absolute atomic E-state index is 5.44. The molecule has 1 aliphatic heterocycles. The number of morpholine rings is 1. The van der Waals surface area contributed by atoms with E-state index in [1.807, 2.05) is 7.05 Å². The average Bonchev–Trinajstić information content (AvgIpc) is 2.75. The fourth-order valence-corrected chi connectivity index (χ4v) is 3.56. The lowest BCUT2D eigenvalue weighted by Gasteiger charge is -2.27. The van der Waals surface area contributed by atoms with Gasteiger partial charge < -0.3 is 15.4 Å². The number of guanidine groups is 1. The van der Waals surface area contributed by atoms with Crippen LogP contribution in [-0.2, 0) is 23.2 Å². The summed E-state index contributed by atoms with van der Waals surface area (Å²) in [6, 6.07) is 19.4. The van der Waals surface area contributed by atoms with Crippen LogP contribution in [0.25, 0.3) is 0 Å². The molecule has 0 spiro atoms. The summed E-state index contributed by atoms with van der Waals surface area (Å²) in [6.07, 6.45) is 0. The molecule has 1 heterocycles. The van der Waals surface area contributed by atoms with Crippen LogP contribution in [0.15, 0.2) is 59.6 Å². The third-order valence-corrected chi connectivity index (χ3v) is 5.44. The normalized spacial score (nSPS) is 15.9. The molecular weight excluding hydrogens is 360 g/mol. The van der Waals surface area contributed by atoms with Gasteiger partial charge in [-0.15, -0.1) is 0 Å². The summed E-state index contributed by atoms with van der Waals surface area (Å²) >= 11 is 0. The van der Waals surface area contributed by atoms with Crippen molar-refractivity contribution < 1.29 is 4.74 Å². The molecule has 2 aromatic carbocycles. The van der Waals surface area contributed by atoms with Gasteiger partial charge in [-0.1, -0.05) is 68.4 Å². The Balaban J connectivity index is 1.51. The second-order valence-electron chi connectivity index (χ2n) is 8.24. The fourth-order valence-electron chi connectivity index (χ4n) is 3.56. The first-order valence-corrected chi connectivity index (χ1v) is 10.4. The van der Waals surface area contributed by atoms with Crippen molar-refractivity contribution in [3.63, 3.8) is 0 Å². The molecule has 0 amide bonds. The van der Waals surface area contributed by atoms with Gasteiger partial charge in [0.25, 0.3) is 0 Å². The third-order valence-electron chi connectivity index (χ3n) is 5.44. The van der Waals surface area contributed by atoms with Crippen molar-refractivity contribution in [3.8, 4) is 0 Å². The van der Waals surface area contributed by atoms with E-state index in [1.54, 1.807) is 0 Å². The number of benzene rings is 2. The molecule has 0 bridgehead atoms. The Hall–Kier alpha value is -2.37. The van der Waals surface area contributed by atoms with E-state index >= 15 is 0 Å². The van der Waals surface area contributed by atoms with Gasteiger partial charge in [0.2, 0.25) is 0 Å². The van der Waals surface area contributed by atoms with Crippen LogP contribution in [0.1, 0.15) is 30.5 Å². The predicted molar refractivity (Wildman–Crippen MR) is 120 cm³/mol. The summed E-state index contributed by atoms with van der Waals surface area (Å²) in [7, 11) is 1.82. The molecule has 0 aliphatic carbocycles. The lowest BCUT2D eigenvalue weighted by atomic mass is 9.85. The number of hydrogen-bond donors (Lipinski definition) is 2. The van der Waals surface area contributed by atoms with E-state index < -0.39 is 0 Å². The van der Waals surface area contributed by atoms with Crippen molar-refractivity contribution in [3.05, 3.63) is 71.3 Å². The standard InChI is InChI=1S/C24H34N4O/c1-24(2,22-10-5-4-6-11-22)19-27-23(25-3)26-17-20-8-7-9-21(16-20)18-28-12-14-29-15-13-28/h4-11,16H,12-15,17-19H2,1-3H3,(H2,25,26,27). The van der Waals surface area contributed by atoms with E-state index in [1.165, 1.54) is 16.7 Å². The Morgan fingerprint density at radius 2 is 1.72 bits per heavy atom. The van der Waals surface area contributed by atoms with Gasteiger partial charge in [0.1, 0.15) is 0 Å². The second-order valence-corrected chi connectivity index (χ2v) is 8.24. The molecular formula is C24H34N4O. The van der Waals surface area contributed by atoms with E-state index in [9.17, 15) is 0 Å². The van der Waals surface area contributed by atoms with Crippen LogP contribution in [0, 0.1) is 0 Å². The first kappa shape index (κ1) is 21.3. The fraction of sp³-hybridized carbons (Fsp3) is 0.458. The zero-order valence-corrected chi connectivity index (χ0v) is 17.9. The predicted octanol–water partition coefficient (Wildman–Crippen LogP) is 3.16. The molecule has 3 rings (SSSR count). The Morgan fingerprint density at radius 3 is 2.45 bits per heavy atom. The first-order chi connectivity index (χ1) is 14.1. The van der Waals surface area contributed by atoms with Crippen LogP contribution in [0.2, 0.25) is 0 Å². The Morgan fingerprint density at radius 1 is 1.00 bits per heavy atom. The van der Waals surface area contributed by atoms with Crippen molar-refractivity contribution in [1.29, 1.82) is 0 Å². The van der Waals surface area contributed by atoms with E-state index in [2.05, 4.69) is 89.0 Å². The smallest absolute Gasteiger partial charge is 0.191 e. The Bertz CT molecular complexity index is 782. The molecule has 2 N–H and O–H groups in total. The second kappa shape index (κ2) is 10.4. The molecule has 0 saturated carbocycles. The van der Waals surface area contributed by atoms with Gasteiger partial charge >= 0.3 is 0 Å². The maximum atomic E-state index is 5.44. The molecule has 2 aromatic rings. The lowest BCUT2D eigenvalue weighted by Crippen LogP contribution is -2.43. The zero-order chi connectivity index (χ0) is 20.5. The van der Waals surface area contributed by atoms with Crippen LogP contribution in [0.5, 0.6) is 0 Å². The summed E-state index contributed by atoms with van der Waals surface area (Å²) in [5, 5.41) is 6.92. The highest BCUT2D eigenvalue weighted by Gasteiger charge is 2.20. The molecule has 1 fully saturated rings. The van der Waals surface area contributed by atoms with Gasteiger partial charge in [0.05, 0.1) is 13.2 Å². The van der Waals surface area contributed by atoms with Gasteiger partial charge in [-0.25, -0.2) is 0 Å². The number of nitrogens with zero attached hydrogens (tertiary/aromatic N) is 2. The monoisotopic (exact) mass is 394 g/mol. The molecule has 5 nitrogen and oxygen atoms in total. The van der Waals surface area contributed by atoms with E-state index in [0.29, 0.717) is 0 Å². The molecule has 0 radical (unpaired) electrons. The molecule has 0 unspecified atom stereocenters. The topological polar surface area (TPSA) is 48.9 Å². The zero-order valence-electron chi connectivity index (χ0n) is 17.9. The summed E-state index contributed by atoms with van der Waals surface area (Å²) in [6.45, 7) is 10.7. The Labute approximate surface area is 175 Å².